The number of rotatable bonds is 13. The number of benzene rings is 3. The second kappa shape index (κ2) is 14.6. The van der Waals surface area contributed by atoms with Crippen LogP contribution in [0.5, 0.6) is 5.75 Å². The fourth-order valence-electron chi connectivity index (χ4n) is 5.13. The number of carbonyl (C=O) groups excluding carboxylic acids is 1. The molecule has 0 aliphatic carbocycles. The fourth-order valence-corrected chi connectivity index (χ4v) is 6.36. The fraction of sp³-hybridized carbons (Fsp3) is 0.375. The third kappa shape index (κ3) is 7.83. The molecule has 2 N–H and O–H groups in total. The number of aliphatic carboxylic acids is 1. The first-order valence-corrected chi connectivity index (χ1v) is 16.2. The van der Waals surface area contributed by atoms with Crippen molar-refractivity contribution >= 4 is 35.4 Å². The highest BCUT2D eigenvalue weighted by atomic mass is 32.2. The second-order valence-electron chi connectivity index (χ2n) is 10.1. The van der Waals surface area contributed by atoms with E-state index in [0.29, 0.717) is 29.6 Å². The van der Waals surface area contributed by atoms with Crippen LogP contribution in [0.1, 0.15) is 34.3 Å². The Hall–Kier alpha value is -2.94. The number of aryl methyl sites for hydroxylation is 1. The highest BCUT2D eigenvalue weighted by molar-refractivity contribution is 7.99. The molecule has 1 aliphatic rings. The zero-order valence-electron chi connectivity index (χ0n) is 23.3. The monoisotopic (exact) mass is 578 g/mol. The summed E-state index contributed by atoms with van der Waals surface area (Å²) < 4.78 is 6.14. The summed E-state index contributed by atoms with van der Waals surface area (Å²) in [6, 6.07) is 23.2. The molecule has 1 fully saturated rings. The van der Waals surface area contributed by atoms with E-state index < -0.39 is 12.0 Å². The van der Waals surface area contributed by atoms with Gasteiger partial charge in [-0.3, -0.25) is 9.69 Å². The molecule has 1 aliphatic heterocycles. The van der Waals surface area contributed by atoms with E-state index in [0.717, 1.165) is 47.5 Å². The molecule has 6 nitrogen and oxygen atoms in total. The average molecular weight is 579 g/mol. The van der Waals surface area contributed by atoms with Crippen LogP contribution < -0.4 is 10.1 Å². The lowest BCUT2D eigenvalue weighted by Crippen LogP contribution is -2.41. The van der Waals surface area contributed by atoms with Crippen LogP contribution in [0.25, 0.3) is 11.1 Å². The van der Waals surface area contributed by atoms with Crippen LogP contribution in [0.3, 0.4) is 0 Å². The summed E-state index contributed by atoms with van der Waals surface area (Å²) in [4.78, 5) is 27.7. The van der Waals surface area contributed by atoms with Gasteiger partial charge in [-0.1, -0.05) is 48.5 Å². The lowest BCUT2D eigenvalue weighted by atomic mass is 9.93. The zero-order valence-corrected chi connectivity index (χ0v) is 25.0. The molecule has 4 rings (SSSR count). The summed E-state index contributed by atoms with van der Waals surface area (Å²) in [5.41, 5.74) is 4.44. The van der Waals surface area contributed by atoms with Crippen molar-refractivity contribution in [3.63, 3.8) is 0 Å². The lowest BCUT2D eigenvalue weighted by Gasteiger charge is -2.25. The molecule has 3 atom stereocenters. The number of carboxylic acid groups (broad SMARTS) is 1. The number of likely N-dealkylation sites (tertiary alicyclic amines) is 1. The Bertz CT molecular complexity index is 1290. The Morgan fingerprint density at radius 2 is 1.80 bits per heavy atom. The third-order valence-corrected chi connectivity index (χ3v) is 9.02. The van der Waals surface area contributed by atoms with E-state index in [9.17, 15) is 14.7 Å². The number of amides is 1. The highest BCUT2D eigenvalue weighted by Crippen LogP contribution is 2.32. The molecule has 1 unspecified atom stereocenters. The van der Waals surface area contributed by atoms with Crippen LogP contribution in [0.4, 0.5) is 0 Å². The maximum atomic E-state index is 13.4. The molecular formula is C32H38N2O4S2. The Morgan fingerprint density at radius 3 is 2.50 bits per heavy atom. The van der Waals surface area contributed by atoms with Crippen LogP contribution in [-0.2, 0) is 11.3 Å². The number of hydrogen-bond donors (Lipinski definition) is 2. The van der Waals surface area contributed by atoms with Gasteiger partial charge in [0.2, 0.25) is 0 Å². The molecule has 1 amide bonds. The van der Waals surface area contributed by atoms with Crippen molar-refractivity contribution in [1.82, 2.24) is 10.2 Å². The number of carbonyl (C=O) groups is 2. The first-order valence-electron chi connectivity index (χ1n) is 13.6. The number of para-hydroxylation sites is 1. The van der Waals surface area contributed by atoms with Crippen molar-refractivity contribution in [3.8, 4) is 16.9 Å². The van der Waals surface area contributed by atoms with Crippen LogP contribution >= 0.6 is 23.5 Å². The van der Waals surface area contributed by atoms with E-state index in [-0.39, 0.29) is 11.9 Å². The van der Waals surface area contributed by atoms with Gasteiger partial charge in [-0.2, -0.15) is 23.5 Å². The number of hydrogen-bond acceptors (Lipinski definition) is 6. The molecule has 8 heteroatoms. The molecule has 0 spiro atoms. The van der Waals surface area contributed by atoms with Crippen molar-refractivity contribution in [2.24, 2.45) is 0 Å². The number of nitrogens with zero attached hydrogens (tertiary/aromatic N) is 1. The maximum absolute atomic E-state index is 13.4. The Morgan fingerprint density at radius 1 is 1.05 bits per heavy atom. The average Bonchev–Trinajstić information content (AvgIpc) is 3.36. The predicted octanol–water partition coefficient (Wildman–Crippen LogP) is 5.98. The van der Waals surface area contributed by atoms with Crippen LogP contribution in [0.2, 0.25) is 0 Å². The van der Waals surface area contributed by atoms with Gasteiger partial charge in [-0.25, -0.2) is 4.79 Å². The number of nitrogens with one attached hydrogen (secondary N) is 1. The van der Waals surface area contributed by atoms with Crippen LogP contribution in [0, 0.1) is 6.92 Å². The van der Waals surface area contributed by atoms with Crippen molar-refractivity contribution in [2.75, 3.05) is 31.4 Å². The van der Waals surface area contributed by atoms with Gasteiger partial charge in [0.1, 0.15) is 18.4 Å². The Balaban J connectivity index is 1.59. The molecule has 1 saturated heterocycles. The van der Waals surface area contributed by atoms with E-state index in [1.807, 2.05) is 91.7 Å². The van der Waals surface area contributed by atoms with Gasteiger partial charge in [0.25, 0.3) is 5.91 Å². The van der Waals surface area contributed by atoms with Crippen molar-refractivity contribution in [1.29, 1.82) is 0 Å². The smallest absolute Gasteiger partial charge is 0.326 e. The minimum atomic E-state index is -1.02. The Kier molecular flexibility index (Phi) is 11.0. The lowest BCUT2D eigenvalue weighted by molar-refractivity contribution is -0.139. The quantitative estimate of drug-likeness (QED) is 0.258. The van der Waals surface area contributed by atoms with Crippen molar-refractivity contribution < 1.29 is 19.4 Å². The Labute approximate surface area is 245 Å². The molecule has 0 saturated carbocycles. The summed E-state index contributed by atoms with van der Waals surface area (Å²) in [6.07, 6.45) is 5.52. The summed E-state index contributed by atoms with van der Waals surface area (Å²) >= 11 is 3.46. The number of thioether (sulfide) groups is 2. The molecule has 40 heavy (non-hydrogen) atoms. The van der Waals surface area contributed by atoms with E-state index in [1.165, 1.54) is 0 Å². The molecule has 3 aromatic carbocycles. The first-order chi connectivity index (χ1) is 19.4. The van der Waals surface area contributed by atoms with E-state index in [2.05, 4.69) is 22.5 Å². The number of carboxylic acids is 1. The van der Waals surface area contributed by atoms with Gasteiger partial charge in [0, 0.05) is 29.9 Å². The predicted molar refractivity (Wildman–Crippen MR) is 167 cm³/mol. The molecule has 1 heterocycles. The van der Waals surface area contributed by atoms with Crippen LogP contribution in [-0.4, -0.2) is 70.6 Å². The molecule has 0 radical (unpaired) electrons. The van der Waals surface area contributed by atoms with Gasteiger partial charge in [0.05, 0.1) is 0 Å². The van der Waals surface area contributed by atoms with E-state index in [1.54, 1.807) is 11.8 Å². The van der Waals surface area contributed by atoms with Crippen molar-refractivity contribution in [3.05, 3.63) is 89.5 Å². The number of ether oxygens (including phenoxy) is 1. The standard InChI is InChI=1S/C32H38N2O4S2/c1-22-9-7-8-12-27(22)29-17-23(13-14-28(29)31(35)33-30(32(36)37)15-16-39-2)19-34-20-26(40-3)18-24(34)21-38-25-10-5-4-6-11-25/h4-14,17,24,26,30H,15-16,18-21H2,1-3H3,(H,33,35)(H,36,37)/t24-,26?,30+/m1/s1. The summed E-state index contributed by atoms with van der Waals surface area (Å²) in [5.74, 6) is 0.154. The van der Waals surface area contributed by atoms with Gasteiger partial charge in [0.15, 0.2) is 0 Å². The van der Waals surface area contributed by atoms with Crippen LogP contribution in [0.15, 0.2) is 72.8 Å². The highest BCUT2D eigenvalue weighted by Gasteiger charge is 2.32. The van der Waals surface area contributed by atoms with E-state index in [4.69, 9.17) is 4.74 Å². The molecule has 3 aromatic rings. The minimum absolute atomic E-state index is 0.287. The SMILES string of the molecule is CSCC[C@H](NC(=O)c1ccc(CN2CC(SC)C[C@@H]2COc2ccccc2)cc1-c1ccccc1C)C(=O)O. The molecular weight excluding hydrogens is 540 g/mol. The van der Waals surface area contributed by atoms with E-state index >= 15 is 0 Å². The summed E-state index contributed by atoms with van der Waals surface area (Å²) in [7, 11) is 0. The molecule has 0 bridgehead atoms. The molecule has 0 aromatic heterocycles. The topological polar surface area (TPSA) is 78.9 Å². The van der Waals surface area contributed by atoms with Gasteiger partial charge >= 0.3 is 5.97 Å². The normalized spacial score (nSPS) is 17.9. The first kappa shape index (κ1) is 30.0. The third-order valence-electron chi connectivity index (χ3n) is 7.37. The summed E-state index contributed by atoms with van der Waals surface area (Å²) in [5, 5.41) is 13.0. The second-order valence-corrected chi connectivity index (χ2v) is 12.3. The van der Waals surface area contributed by atoms with Gasteiger partial charge in [-0.15, -0.1) is 0 Å². The molecule has 212 valence electrons. The summed E-state index contributed by atoms with van der Waals surface area (Å²) in [6.45, 7) is 4.37. The minimum Gasteiger partial charge on any atom is -0.492 e. The zero-order chi connectivity index (χ0) is 28.5. The largest absolute Gasteiger partial charge is 0.492 e. The maximum Gasteiger partial charge on any atom is 0.326 e. The van der Waals surface area contributed by atoms with Crippen molar-refractivity contribution in [2.45, 2.75) is 43.6 Å². The van der Waals surface area contributed by atoms with Gasteiger partial charge in [-0.05, 0) is 84.5 Å². The van der Waals surface area contributed by atoms with Gasteiger partial charge < -0.3 is 15.2 Å².